The van der Waals surface area contributed by atoms with E-state index in [-0.39, 0.29) is 25.2 Å². The maximum absolute atomic E-state index is 15.5. The molecule has 0 spiro atoms. The van der Waals surface area contributed by atoms with Crippen LogP contribution >= 0.6 is 0 Å². The first kappa shape index (κ1) is 77.8. The fourth-order valence-corrected chi connectivity index (χ4v) is 19.2. The molecule has 0 aromatic heterocycles. The number of ether oxygens (including phenoxy) is 12. The van der Waals surface area contributed by atoms with Gasteiger partial charge in [0.05, 0.1) is 56.1 Å². The maximum Gasteiger partial charge on any atom is 0.335 e. The molecule has 5 heterocycles. The Hall–Kier alpha value is -4.34. The summed E-state index contributed by atoms with van der Waals surface area (Å²) < 4.78 is 71.9. The van der Waals surface area contributed by atoms with Crippen molar-refractivity contribution in [1.29, 1.82) is 0 Å². The lowest BCUT2D eigenvalue weighted by molar-refractivity contribution is -0.388. The van der Waals surface area contributed by atoms with Crippen molar-refractivity contribution in [2.45, 2.75) is 272 Å². The van der Waals surface area contributed by atoms with Crippen LogP contribution in [-0.4, -0.2) is 287 Å². The van der Waals surface area contributed by atoms with E-state index < -0.39 is 248 Å². The number of carbonyl (C=O) groups is 4. The predicted octanol–water partition coefficient (Wildman–Crippen LogP) is -1.78. The summed E-state index contributed by atoms with van der Waals surface area (Å²) in [5, 5.41) is 165. The average Bonchev–Trinajstić information content (AvgIpc) is 0.676. The van der Waals surface area contributed by atoms with Crippen LogP contribution in [0.5, 0.6) is 5.75 Å². The number of aliphatic hydroxyl groups excluding tert-OH is 14. The van der Waals surface area contributed by atoms with Crippen LogP contribution in [0, 0.1) is 56.7 Å². The van der Waals surface area contributed by atoms with Gasteiger partial charge in [0.2, 0.25) is 6.29 Å². The molecule has 0 amide bonds. The van der Waals surface area contributed by atoms with Gasteiger partial charge in [0.25, 0.3) is 0 Å². The summed E-state index contributed by atoms with van der Waals surface area (Å²) in [4.78, 5) is 55.6. The van der Waals surface area contributed by atoms with E-state index in [1.54, 1.807) is 31.2 Å². The van der Waals surface area contributed by atoms with Crippen molar-refractivity contribution >= 4 is 30.3 Å². The first-order valence-electron chi connectivity index (χ1n) is 34.9. The summed E-state index contributed by atoms with van der Waals surface area (Å²) in [5.41, 5.74) is -2.14. The molecule has 5 saturated heterocycles. The standard InChI is InChI=1S/C70H102O31/c1-28-43(76)48(81)56(98-61-51(84)46(79)44(77)36(25-71)93-61)63(91-28)100-58-53(86)54(96-41(75)17-12-30-10-13-31(90-9)14-11-30)29(2)92-64(58)101-60(89)33-23-66(3,4)22-32-34-15-16-39-67(5)20-19-40(68(6,27-73)38(67)18-21-69(39,7)70(34,8)24-35(74)42(32)33)95-65-57(50(83)49(82)55(97-65)59(87)88)99-62-52(85)47(80)45(78)37(26-72)94-62/h10-15,17,27-29,32-33,35-40,42-58,61-65,71-72,74,76-86H,16,18-26H2,1-9H3,(H,87,88)/b17-12-/t28-,29-,32?,33?,35+,36+,37+,38?,39?,40-,42?,43-,44+,45-,46-,47-,48+,49-,50-,51+,52+,53+,54+,55-,56+,57+,58-,61-,62-,63-,64+,65+,67-,68-,69+,70+/m0/s1. The minimum Gasteiger partial charge on any atom is -0.497 e. The zero-order valence-corrected chi connectivity index (χ0v) is 57.9. The molecule has 31 nitrogen and oxygen atoms in total. The molecule has 0 radical (unpaired) electrons. The molecule has 101 heavy (non-hydrogen) atoms. The van der Waals surface area contributed by atoms with Crippen molar-refractivity contribution < 1.29 is 153 Å². The summed E-state index contributed by atoms with van der Waals surface area (Å²) in [7, 11) is 1.50. The van der Waals surface area contributed by atoms with Crippen LogP contribution in [-0.2, 0) is 71.3 Å². The number of aldehydes is 1. The molecule has 15 N–H and O–H groups in total. The lowest BCUT2D eigenvalue weighted by Gasteiger charge is -2.71. The van der Waals surface area contributed by atoms with Gasteiger partial charge in [0.1, 0.15) is 104 Å². The highest BCUT2D eigenvalue weighted by molar-refractivity contribution is 5.87. The number of aliphatic hydroxyl groups is 14. The van der Waals surface area contributed by atoms with Gasteiger partial charge in [-0.05, 0) is 128 Å². The van der Waals surface area contributed by atoms with Crippen molar-refractivity contribution in [3.63, 3.8) is 0 Å². The van der Waals surface area contributed by atoms with Gasteiger partial charge in [-0.2, -0.15) is 0 Å². The lowest BCUT2D eigenvalue weighted by Crippen LogP contribution is -2.68. The van der Waals surface area contributed by atoms with Crippen molar-refractivity contribution in [2.24, 2.45) is 56.7 Å². The topological polar surface area (TPSA) is 482 Å². The van der Waals surface area contributed by atoms with E-state index in [4.69, 9.17) is 56.8 Å². The number of carboxylic acid groups (broad SMARTS) is 1. The van der Waals surface area contributed by atoms with Crippen molar-refractivity contribution in [1.82, 2.24) is 0 Å². The number of aliphatic carboxylic acids is 1. The smallest absolute Gasteiger partial charge is 0.335 e. The number of allylic oxidation sites excluding steroid dienone is 2. The predicted molar refractivity (Wildman–Crippen MR) is 341 cm³/mol. The van der Waals surface area contributed by atoms with Crippen LogP contribution in [0.2, 0.25) is 0 Å². The van der Waals surface area contributed by atoms with E-state index >= 15 is 4.79 Å². The minimum atomic E-state index is -2.11. The second kappa shape index (κ2) is 29.8. The van der Waals surface area contributed by atoms with E-state index in [9.17, 15) is 91.0 Å². The largest absolute Gasteiger partial charge is 0.497 e. The van der Waals surface area contributed by atoms with Gasteiger partial charge in [-0.1, -0.05) is 65.3 Å². The molecule has 10 aliphatic rings. The molecular formula is C70H102O31. The normalized spacial score (nSPS) is 49.7. The van der Waals surface area contributed by atoms with Crippen molar-refractivity contribution in [2.75, 3.05) is 20.3 Å². The quantitative estimate of drug-likeness (QED) is 0.0254. The molecule has 4 saturated carbocycles. The van der Waals surface area contributed by atoms with Crippen LogP contribution in [0.1, 0.15) is 112 Å². The minimum absolute atomic E-state index is 0.130. The zero-order valence-electron chi connectivity index (χ0n) is 57.9. The number of rotatable bonds is 18. The average molecular weight is 1440 g/mol. The molecule has 568 valence electrons. The number of hydrogen-bond donors (Lipinski definition) is 15. The van der Waals surface area contributed by atoms with E-state index in [0.717, 1.165) is 17.9 Å². The molecule has 36 atom stereocenters. The molecule has 5 aliphatic carbocycles. The van der Waals surface area contributed by atoms with Crippen LogP contribution < -0.4 is 4.74 Å². The number of benzene rings is 1. The van der Waals surface area contributed by atoms with Gasteiger partial charge in [-0.3, -0.25) is 4.79 Å². The molecular weight excluding hydrogens is 1340 g/mol. The second-order valence-corrected chi connectivity index (χ2v) is 31.4. The Labute approximate surface area is 583 Å². The van der Waals surface area contributed by atoms with E-state index in [0.29, 0.717) is 43.4 Å². The summed E-state index contributed by atoms with van der Waals surface area (Å²) in [6, 6.07) is 6.73. The number of fused-ring (bicyclic) bond motifs is 7. The van der Waals surface area contributed by atoms with Gasteiger partial charge in [0, 0.05) is 12.0 Å². The lowest BCUT2D eigenvalue weighted by atomic mass is 9.34. The summed E-state index contributed by atoms with van der Waals surface area (Å²) in [6.45, 7) is 13.5. The molecule has 5 unspecified atom stereocenters. The van der Waals surface area contributed by atoms with E-state index in [1.807, 2.05) is 13.8 Å². The third-order valence-corrected chi connectivity index (χ3v) is 24.9. The summed E-state index contributed by atoms with van der Waals surface area (Å²) in [6.07, 6.45) is -38.5. The molecule has 1 aromatic carbocycles. The maximum atomic E-state index is 15.5. The molecule has 11 rings (SSSR count). The van der Waals surface area contributed by atoms with Crippen LogP contribution in [0.25, 0.3) is 6.08 Å². The van der Waals surface area contributed by atoms with Gasteiger partial charge >= 0.3 is 17.9 Å². The second-order valence-electron chi connectivity index (χ2n) is 31.4. The Morgan fingerprint density at radius 3 is 1.71 bits per heavy atom. The highest BCUT2D eigenvalue weighted by Gasteiger charge is 2.71. The van der Waals surface area contributed by atoms with Crippen LogP contribution in [0.3, 0.4) is 0 Å². The van der Waals surface area contributed by atoms with Gasteiger partial charge in [-0.25, -0.2) is 9.59 Å². The third kappa shape index (κ3) is 14.0. The fourth-order valence-electron chi connectivity index (χ4n) is 19.2. The highest BCUT2D eigenvalue weighted by atomic mass is 16.8. The molecule has 9 fully saturated rings. The van der Waals surface area contributed by atoms with E-state index in [1.165, 1.54) is 27.0 Å². The SMILES string of the molecule is COc1ccc(/C=C\C(=O)O[C@H]2[C@@H](O)[C@H](O[C@@H]3O[C@@H](C)[C@H](O)[C@@H](O)[C@H]3O[C@@H]3O[C@H](CO)[C@@H](O)[C@H](O)[C@H]3O)[C@@H](OC(=O)C3CC(C)(C)CC4C5=CCC6[C@@]7(C)CC[C@H](O[C@@H]8O[C@H](C(=O)O)[C@@H](O)[C@H](O)[C@H]8O[C@@H]8O[C@H](CO)[C@H](O)[C@H](O)[C@H]8O)[C@@](C)(C=O)C7CC[C@@]6(C)[C@]5(C)C[C@@H](O)C34)O[C@H]2C)cc1. The number of methoxy groups -OCH3 is 1. The Kier molecular flexibility index (Phi) is 22.9. The number of carbonyl (C=O) groups excluding carboxylic acids is 3. The van der Waals surface area contributed by atoms with Crippen LogP contribution in [0.15, 0.2) is 42.0 Å². The summed E-state index contributed by atoms with van der Waals surface area (Å²) in [5.74, 6) is -5.57. The Morgan fingerprint density at radius 1 is 0.574 bits per heavy atom. The van der Waals surface area contributed by atoms with Gasteiger partial charge in [0.15, 0.2) is 43.5 Å². The Morgan fingerprint density at radius 2 is 1.14 bits per heavy atom. The highest BCUT2D eigenvalue weighted by Crippen LogP contribution is 2.75. The van der Waals surface area contributed by atoms with Gasteiger partial charge in [-0.15, -0.1) is 0 Å². The van der Waals surface area contributed by atoms with Crippen molar-refractivity contribution in [3.8, 4) is 5.75 Å². The van der Waals surface area contributed by atoms with Crippen LogP contribution in [0.4, 0.5) is 0 Å². The number of hydrogen-bond acceptors (Lipinski definition) is 30. The molecule has 1 aromatic rings. The van der Waals surface area contributed by atoms with Gasteiger partial charge < -0.3 is 138 Å². The molecule has 31 heteroatoms. The molecule has 5 aliphatic heterocycles. The molecule has 0 bridgehead atoms. The Bertz CT molecular complexity index is 3150. The first-order chi connectivity index (χ1) is 47.5. The zero-order chi connectivity index (χ0) is 73.7. The van der Waals surface area contributed by atoms with E-state index in [2.05, 4.69) is 26.8 Å². The third-order valence-electron chi connectivity index (χ3n) is 24.9. The van der Waals surface area contributed by atoms with Crippen molar-refractivity contribution in [3.05, 3.63) is 47.6 Å². The Balaban J connectivity index is 0.853. The summed E-state index contributed by atoms with van der Waals surface area (Å²) >= 11 is 0. The monoisotopic (exact) mass is 1440 g/mol. The first-order valence-corrected chi connectivity index (χ1v) is 34.9. The number of esters is 2. The number of carboxylic acids is 1. The fraction of sp³-hybridized carbons (Fsp3) is 0.800.